The van der Waals surface area contributed by atoms with Crippen molar-refractivity contribution in [2.45, 2.75) is 13.5 Å². The third-order valence-electron chi connectivity index (χ3n) is 5.78. The largest absolute Gasteiger partial charge is 0.508 e. The number of methoxy groups -OCH3 is 2. The molecule has 0 aliphatic heterocycles. The average molecular weight is 502 g/mol. The fourth-order valence-electron chi connectivity index (χ4n) is 4.04. The van der Waals surface area contributed by atoms with Crippen LogP contribution in [0.2, 0.25) is 0 Å². The number of para-hydroxylation sites is 1. The van der Waals surface area contributed by atoms with Crippen LogP contribution in [0.15, 0.2) is 72.8 Å². The molecule has 190 valence electrons. The normalized spacial score (nSPS) is 10.6. The lowest BCUT2D eigenvalue weighted by atomic mass is 9.96. The molecule has 0 heterocycles. The maximum absolute atomic E-state index is 11.5. The van der Waals surface area contributed by atoms with Gasteiger partial charge < -0.3 is 34.8 Å². The number of carbonyl (C=O) groups is 1. The summed E-state index contributed by atoms with van der Waals surface area (Å²) in [6.07, 6.45) is 0. The van der Waals surface area contributed by atoms with E-state index < -0.39 is 0 Å². The zero-order valence-electron chi connectivity index (χ0n) is 20.6. The van der Waals surface area contributed by atoms with Crippen molar-refractivity contribution in [3.8, 4) is 56.8 Å². The first-order valence-electron chi connectivity index (χ1n) is 11.4. The minimum atomic E-state index is -0.194. The van der Waals surface area contributed by atoms with Gasteiger partial charge >= 0.3 is 0 Å². The van der Waals surface area contributed by atoms with Crippen LogP contribution >= 0.6 is 0 Å². The summed E-state index contributed by atoms with van der Waals surface area (Å²) in [7, 11) is 2.93. The van der Waals surface area contributed by atoms with E-state index in [4.69, 9.17) is 14.2 Å². The Morgan fingerprint density at radius 1 is 0.838 bits per heavy atom. The van der Waals surface area contributed by atoms with Gasteiger partial charge in [-0.3, -0.25) is 4.79 Å². The molecule has 37 heavy (non-hydrogen) atoms. The highest BCUT2D eigenvalue weighted by atomic mass is 16.5. The summed E-state index contributed by atoms with van der Waals surface area (Å²) < 4.78 is 16.9. The Labute approximate surface area is 214 Å². The molecule has 0 fully saturated rings. The minimum Gasteiger partial charge on any atom is -0.508 e. The van der Waals surface area contributed by atoms with Gasteiger partial charge in [0.25, 0.3) is 0 Å². The molecule has 4 aromatic rings. The average Bonchev–Trinajstić information content (AvgIpc) is 2.88. The molecule has 0 saturated heterocycles. The standard InChI is InChI=1S/C29H27NO7/c1-17(31)30-23-7-5-4-6-20(23)16-37-25-13-10-19(14-24(25)33)27-26(35-2)15-22(29(36-3)28(27)34)18-8-11-21(32)12-9-18/h4-15,32-34H,16H2,1-3H3,(H,30,31). The molecule has 0 saturated carbocycles. The maximum atomic E-state index is 11.5. The molecule has 0 aliphatic rings. The molecule has 4 N–H and O–H groups in total. The summed E-state index contributed by atoms with van der Waals surface area (Å²) in [5.41, 5.74) is 3.47. The highest BCUT2D eigenvalue weighted by Gasteiger charge is 2.22. The van der Waals surface area contributed by atoms with Crippen LogP contribution in [0.4, 0.5) is 5.69 Å². The number of phenolic OH excluding ortho intramolecular Hbond substituents is 3. The lowest BCUT2D eigenvalue weighted by Gasteiger charge is -2.18. The first-order valence-corrected chi connectivity index (χ1v) is 11.4. The molecule has 0 atom stereocenters. The van der Waals surface area contributed by atoms with Crippen molar-refractivity contribution in [3.63, 3.8) is 0 Å². The molecule has 1 amide bonds. The molecule has 4 aromatic carbocycles. The number of benzene rings is 4. The molecule has 0 radical (unpaired) electrons. The number of ether oxygens (including phenoxy) is 3. The Balaban J connectivity index is 1.67. The van der Waals surface area contributed by atoms with Crippen LogP contribution in [0.25, 0.3) is 22.3 Å². The highest BCUT2D eigenvalue weighted by Crippen LogP contribution is 2.50. The summed E-state index contributed by atoms with van der Waals surface area (Å²) >= 11 is 0. The fourth-order valence-corrected chi connectivity index (χ4v) is 4.04. The molecular weight excluding hydrogens is 474 g/mol. The van der Waals surface area contributed by atoms with E-state index >= 15 is 0 Å². The van der Waals surface area contributed by atoms with Gasteiger partial charge in [-0.15, -0.1) is 0 Å². The Hall–Kier alpha value is -4.85. The Bertz CT molecular complexity index is 1430. The lowest BCUT2D eigenvalue weighted by molar-refractivity contribution is -0.114. The second kappa shape index (κ2) is 10.8. The van der Waals surface area contributed by atoms with Gasteiger partial charge in [-0.2, -0.15) is 0 Å². The number of hydrogen-bond acceptors (Lipinski definition) is 7. The van der Waals surface area contributed by atoms with E-state index in [1.165, 1.54) is 39.3 Å². The summed E-state index contributed by atoms with van der Waals surface area (Å²) in [5.74, 6) is 0.425. The van der Waals surface area contributed by atoms with Gasteiger partial charge in [-0.05, 0) is 47.5 Å². The predicted molar refractivity (Wildman–Crippen MR) is 140 cm³/mol. The summed E-state index contributed by atoms with van der Waals surface area (Å²) in [6.45, 7) is 1.55. The molecule has 0 bridgehead atoms. The topological polar surface area (TPSA) is 117 Å². The fraction of sp³-hybridized carbons (Fsp3) is 0.138. The zero-order chi connectivity index (χ0) is 26.5. The molecule has 0 aromatic heterocycles. The van der Waals surface area contributed by atoms with Crippen LogP contribution in [0.5, 0.6) is 34.5 Å². The van der Waals surface area contributed by atoms with Crippen LogP contribution in [-0.2, 0) is 11.4 Å². The van der Waals surface area contributed by atoms with Crippen molar-refractivity contribution < 1.29 is 34.3 Å². The number of rotatable bonds is 8. The van der Waals surface area contributed by atoms with Crippen LogP contribution in [0.1, 0.15) is 12.5 Å². The van der Waals surface area contributed by atoms with Gasteiger partial charge in [-0.25, -0.2) is 0 Å². The van der Waals surface area contributed by atoms with Crippen molar-refractivity contribution in [2.75, 3.05) is 19.5 Å². The van der Waals surface area contributed by atoms with E-state index in [0.29, 0.717) is 33.7 Å². The van der Waals surface area contributed by atoms with Crippen molar-refractivity contribution in [3.05, 3.63) is 78.4 Å². The van der Waals surface area contributed by atoms with Crippen molar-refractivity contribution in [1.29, 1.82) is 0 Å². The summed E-state index contributed by atoms with van der Waals surface area (Å²) in [5, 5.41) is 34.3. The minimum absolute atomic E-state index is 0.118. The van der Waals surface area contributed by atoms with E-state index in [1.807, 2.05) is 18.2 Å². The van der Waals surface area contributed by atoms with Crippen LogP contribution in [0, 0.1) is 0 Å². The quantitative estimate of drug-likeness (QED) is 0.245. The molecule has 8 nitrogen and oxygen atoms in total. The van der Waals surface area contributed by atoms with Crippen LogP contribution in [-0.4, -0.2) is 35.4 Å². The number of amides is 1. The SMILES string of the molecule is COc1cc(-c2ccc(O)cc2)c(OC)c(O)c1-c1ccc(OCc2ccccc2NC(C)=O)c(O)c1. The van der Waals surface area contributed by atoms with Crippen molar-refractivity contribution in [2.24, 2.45) is 0 Å². The summed E-state index contributed by atoms with van der Waals surface area (Å²) in [4.78, 5) is 11.5. The summed E-state index contributed by atoms with van der Waals surface area (Å²) in [6, 6.07) is 20.2. The predicted octanol–water partition coefficient (Wildman–Crippen LogP) is 5.69. The van der Waals surface area contributed by atoms with Gasteiger partial charge in [0.2, 0.25) is 5.91 Å². The van der Waals surface area contributed by atoms with Crippen molar-refractivity contribution >= 4 is 11.6 Å². The number of carbonyl (C=O) groups excluding carboxylic acids is 1. The number of aromatic hydroxyl groups is 3. The number of nitrogens with one attached hydrogen (secondary N) is 1. The molecule has 0 unspecified atom stereocenters. The second-order valence-electron chi connectivity index (χ2n) is 8.24. The van der Waals surface area contributed by atoms with E-state index in [9.17, 15) is 20.1 Å². The molecule has 4 rings (SSSR count). The number of anilines is 1. The Kier molecular flexibility index (Phi) is 7.39. The number of phenols is 3. The molecule has 0 spiro atoms. The lowest BCUT2D eigenvalue weighted by Crippen LogP contribution is -2.09. The van der Waals surface area contributed by atoms with Crippen molar-refractivity contribution in [1.82, 2.24) is 0 Å². The monoisotopic (exact) mass is 501 g/mol. The first kappa shape index (κ1) is 25.2. The maximum Gasteiger partial charge on any atom is 0.221 e. The second-order valence-corrected chi connectivity index (χ2v) is 8.24. The van der Waals surface area contributed by atoms with Gasteiger partial charge in [0.05, 0.1) is 19.8 Å². The van der Waals surface area contributed by atoms with Gasteiger partial charge in [-0.1, -0.05) is 36.4 Å². The molecular formula is C29H27NO7. The number of hydrogen-bond donors (Lipinski definition) is 4. The molecule has 8 heteroatoms. The first-order chi connectivity index (χ1) is 17.8. The smallest absolute Gasteiger partial charge is 0.221 e. The van der Waals surface area contributed by atoms with E-state index in [0.717, 1.165) is 5.56 Å². The van der Waals surface area contributed by atoms with E-state index in [-0.39, 0.29) is 41.3 Å². The zero-order valence-corrected chi connectivity index (χ0v) is 20.6. The van der Waals surface area contributed by atoms with Crippen LogP contribution in [0.3, 0.4) is 0 Å². The van der Waals surface area contributed by atoms with Gasteiger partial charge in [0.1, 0.15) is 18.1 Å². The third kappa shape index (κ3) is 5.38. The van der Waals surface area contributed by atoms with E-state index in [1.54, 1.807) is 36.4 Å². The van der Waals surface area contributed by atoms with Crippen LogP contribution < -0.4 is 19.5 Å². The Morgan fingerprint density at radius 2 is 1.54 bits per heavy atom. The highest BCUT2D eigenvalue weighted by molar-refractivity contribution is 5.90. The van der Waals surface area contributed by atoms with Gasteiger partial charge in [0.15, 0.2) is 23.0 Å². The van der Waals surface area contributed by atoms with E-state index in [2.05, 4.69) is 5.32 Å². The third-order valence-corrected chi connectivity index (χ3v) is 5.78. The van der Waals surface area contributed by atoms with Gasteiger partial charge in [0, 0.05) is 23.7 Å². The Morgan fingerprint density at radius 3 is 2.19 bits per heavy atom. The molecule has 0 aliphatic carbocycles.